The first-order chi connectivity index (χ1) is 7.31. The van der Waals surface area contributed by atoms with Crippen LogP contribution in [0, 0.1) is 5.41 Å². The van der Waals surface area contributed by atoms with Crippen molar-refractivity contribution in [1.82, 2.24) is 5.32 Å². The summed E-state index contributed by atoms with van der Waals surface area (Å²) in [7, 11) is 0. The van der Waals surface area contributed by atoms with Gasteiger partial charge in [0.15, 0.2) is 0 Å². The Bertz CT molecular complexity index is 236. The third kappa shape index (κ3) is 11.4. The highest BCUT2D eigenvalue weighted by Crippen LogP contribution is 2.20. The van der Waals surface area contributed by atoms with Crippen molar-refractivity contribution in [1.29, 1.82) is 0 Å². The van der Waals surface area contributed by atoms with Gasteiger partial charge in [0.1, 0.15) is 0 Å². The van der Waals surface area contributed by atoms with Crippen LogP contribution in [0.3, 0.4) is 0 Å². The van der Waals surface area contributed by atoms with Gasteiger partial charge in [-0.25, -0.2) is 0 Å². The van der Waals surface area contributed by atoms with Crippen molar-refractivity contribution in [3.05, 3.63) is 0 Å². The number of amides is 1. The number of carboxylic acids is 1. The molecule has 0 aliphatic carbocycles. The number of carbonyl (C=O) groups is 2. The van der Waals surface area contributed by atoms with Gasteiger partial charge in [0.25, 0.3) is 0 Å². The smallest absolute Gasteiger partial charge is 0.313 e. The van der Waals surface area contributed by atoms with Crippen LogP contribution in [0.4, 0.5) is 0 Å². The third-order valence-electron chi connectivity index (χ3n) is 1.90. The summed E-state index contributed by atoms with van der Waals surface area (Å²) in [5.74, 6) is -0.0271. The van der Waals surface area contributed by atoms with Gasteiger partial charge in [-0.1, -0.05) is 20.8 Å². The second-order valence-electron chi connectivity index (χ2n) is 4.86. The molecule has 0 atom stereocenters. The number of aliphatic carboxylic acids is 1. The molecule has 16 heavy (non-hydrogen) atoms. The van der Waals surface area contributed by atoms with E-state index >= 15 is 0 Å². The number of rotatable bonds is 7. The number of hydrogen-bond acceptors (Lipinski definition) is 3. The molecule has 0 fully saturated rings. The van der Waals surface area contributed by atoms with E-state index in [-0.39, 0.29) is 17.1 Å². The maximum absolute atomic E-state index is 11.4. The number of hydrogen-bond donors (Lipinski definition) is 2. The van der Waals surface area contributed by atoms with Gasteiger partial charge >= 0.3 is 5.97 Å². The van der Waals surface area contributed by atoms with Crippen molar-refractivity contribution in [3.8, 4) is 0 Å². The van der Waals surface area contributed by atoms with Gasteiger partial charge in [0, 0.05) is 18.7 Å². The third-order valence-corrected chi connectivity index (χ3v) is 2.84. The fourth-order valence-corrected chi connectivity index (χ4v) is 1.56. The number of thioether (sulfide) groups is 1. The lowest BCUT2D eigenvalue weighted by Crippen LogP contribution is -2.26. The number of carbonyl (C=O) groups excluding carboxylic acids is 1. The Morgan fingerprint density at radius 1 is 1.31 bits per heavy atom. The topological polar surface area (TPSA) is 66.4 Å². The van der Waals surface area contributed by atoms with Gasteiger partial charge in [-0.05, 0) is 11.8 Å². The van der Waals surface area contributed by atoms with Crippen molar-refractivity contribution in [2.24, 2.45) is 5.41 Å². The van der Waals surface area contributed by atoms with E-state index < -0.39 is 5.97 Å². The Hall–Kier alpha value is -0.710. The van der Waals surface area contributed by atoms with E-state index in [0.29, 0.717) is 18.7 Å². The van der Waals surface area contributed by atoms with Crippen molar-refractivity contribution in [3.63, 3.8) is 0 Å². The Morgan fingerprint density at radius 3 is 2.44 bits per heavy atom. The molecule has 0 rings (SSSR count). The Kier molecular flexibility index (Phi) is 7.21. The van der Waals surface area contributed by atoms with Crippen molar-refractivity contribution >= 4 is 23.6 Å². The van der Waals surface area contributed by atoms with Crippen molar-refractivity contribution < 1.29 is 14.7 Å². The lowest BCUT2D eigenvalue weighted by atomic mass is 9.90. The Morgan fingerprint density at radius 2 is 1.94 bits per heavy atom. The van der Waals surface area contributed by atoms with Gasteiger partial charge in [-0.15, -0.1) is 11.8 Å². The summed E-state index contributed by atoms with van der Waals surface area (Å²) in [6.45, 7) is 6.84. The fourth-order valence-electron chi connectivity index (χ4n) is 0.999. The molecule has 0 aliphatic rings. The average molecular weight is 247 g/mol. The minimum atomic E-state index is -0.816. The summed E-state index contributed by atoms with van der Waals surface area (Å²) in [5, 5.41) is 11.2. The Balaban J connectivity index is 3.41. The van der Waals surface area contributed by atoms with Crippen LogP contribution in [0.15, 0.2) is 0 Å². The summed E-state index contributed by atoms with van der Waals surface area (Å²) in [6.07, 6.45) is 1.40. The van der Waals surface area contributed by atoms with Crippen LogP contribution in [-0.4, -0.2) is 35.0 Å². The lowest BCUT2D eigenvalue weighted by molar-refractivity contribution is -0.133. The summed E-state index contributed by atoms with van der Waals surface area (Å²) >= 11 is 1.31. The summed E-state index contributed by atoms with van der Waals surface area (Å²) < 4.78 is 0. The van der Waals surface area contributed by atoms with Crippen molar-refractivity contribution in [2.45, 2.75) is 33.6 Å². The molecule has 94 valence electrons. The standard InChI is InChI=1S/C11H21NO3S/c1-11(2,3)5-4-9(13)12-6-7-16-8-10(14)15/h4-8H2,1-3H3,(H,12,13)(H,14,15). The minimum Gasteiger partial charge on any atom is -0.481 e. The van der Waals surface area contributed by atoms with Crippen LogP contribution >= 0.6 is 11.8 Å². The molecule has 0 saturated carbocycles. The molecule has 0 aliphatic heterocycles. The van der Waals surface area contributed by atoms with E-state index in [2.05, 4.69) is 26.1 Å². The quantitative estimate of drug-likeness (QED) is 0.673. The Labute approximate surface area is 101 Å². The van der Waals surface area contributed by atoms with E-state index in [1.54, 1.807) is 0 Å². The monoisotopic (exact) mass is 247 g/mol. The highest BCUT2D eigenvalue weighted by molar-refractivity contribution is 7.99. The molecule has 0 aromatic rings. The molecule has 0 bridgehead atoms. The SMILES string of the molecule is CC(C)(C)CCC(=O)NCCSCC(=O)O. The van der Waals surface area contributed by atoms with E-state index in [0.717, 1.165) is 6.42 Å². The van der Waals surface area contributed by atoms with Crippen LogP contribution in [0.5, 0.6) is 0 Å². The lowest BCUT2D eigenvalue weighted by Gasteiger charge is -2.17. The van der Waals surface area contributed by atoms with Gasteiger partial charge in [0.2, 0.25) is 5.91 Å². The molecule has 0 spiro atoms. The van der Waals surface area contributed by atoms with Crippen LogP contribution in [0.25, 0.3) is 0 Å². The van der Waals surface area contributed by atoms with Gasteiger partial charge in [-0.2, -0.15) is 0 Å². The zero-order valence-electron chi connectivity index (χ0n) is 10.2. The second kappa shape index (κ2) is 7.54. The molecule has 0 radical (unpaired) electrons. The number of carboxylic acid groups (broad SMARTS) is 1. The number of nitrogens with one attached hydrogen (secondary N) is 1. The first-order valence-corrected chi connectivity index (χ1v) is 6.53. The van der Waals surface area contributed by atoms with Crippen LogP contribution in [0.2, 0.25) is 0 Å². The molecule has 0 saturated heterocycles. The highest BCUT2D eigenvalue weighted by Gasteiger charge is 2.12. The maximum Gasteiger partial charge on any atom is 0.313 e. The minimum absolute atomic E-state index is 0.0471. The van der Waals surface area contributed by atoms with E-state index in [9.17, 15) is 9.59 Å². The molecular formula is C11H21NO3S. The molecule has 5 heteroatoms. The van der Waals surface area contributed by atoms with Crippen LogP contribution in [0.1, 0.15) is 33.6 Å². The van der Waals surface area contributed by atoms with Crippen LogP contribution in [-0.2, 0) is 9.59 Å². The molecule has 4 nitrogen and oxygen atoms in total. The van der Waals surface area contributed by atoms with Gasteiger partial charge in [-0.3, -0.25) is 9.59 Å². The fraction of sp³-hybridized carbons (Fsp3) is 0.818. The first-order valence-electron chi connectivity index (χ1n) is 5.37. The predicted molar refractivity (Wildman–Crippen MR) is 66.7 cm³/mol. The second-order valence-corrected chi connectivity index (χ2v) is 5.96. The zero-order valence-corrected chi connectivity index (χ0v) is 11.0. The molecule has 1 amide bonds. The highest BCUT2D eigenvalue weighted by atomic mass is 32.2. The molecule has 0 unspecified atom stereocenters. The normalized spacial score (nSPS) is 11.2. The summed E-state index contributed by atoms with van der Waals surface area (Å²) in [6, 6.07) is 0. The summed E-state index contributed by atoms with van der Waals surface area (Å²) in [4.78, 5) is 21.6. The summed E-state index contributed by atoms with van der Waals surface area (Å²) in [5.41, 5.74) is 0.176. The molecule has 2 N–H and O–H groups in total. The molecular weight excluding hydrogens is 226 g/mol. The first kappa shape index (κ1) is 15.3. The largest absolute Gasteiger partial charge is 0.481 e. The van der Waals surface area contributed by atoms with Crippen LogP contribution < -0.4 is 5.32 Å². The molecule has 0 heterocycles. The maximum atomic E-state index is 11.4. The van der Waals surface area contributed by atoms with E-state index in [4.69, 9.17) is 5.11 Å². The van der Waals surface area contributed by atoms with E-state index in [1.807, 2.05) is 0 Å². The molecule has 0 aromatic carbocycles. The predicted octanol–water partition coefficient (Wildman–Crippen LogP) is 1.75. The van der Waals surface area contributed by atoms with Gasteiger partial charge in [0.05, 0.1) is 5.75 Å². The van der Waals surface area contributed by atoms with E-state index in [1.165, 1.54) is 11.8 Å². The van der Waals surface area contributed by atoms with Gasteiger partial charge < -0.3 is 10.4 Å². The molecule has 0 aromatic heterocycles. The zero-order chi connectivity index (χ0) is 12.6. The average Bonchev–Trinajstić information content (AvgIpc) is 2.12. The van der Waals surface area contributed by atoms with Crippen molar-refractivity contribution in [2.75, 3.05) is 18.1 Å².